The molecule has 4 aromatic rings. The molecule has 0 N–H and O–H groups in total. The number of hydrogen-bond acceptors (Lipinski definition) is 4. The molecule has 0 aliphatic rings. The number of aryl methyl sites for hydroxylation is 1. The van der Waals surface area contributed by atoms with Gasteiger partial charge in [0.05, 0.1) is 18.9 Å². The number of para-hydroxylation sites is 1. The Balaban J connectivity index is 1.49. The Morgan fingerprint density at radius 1 is 0.970 bits per heavy atom. The summed E-state index contributed by atoms with van der Waals surface area (Å²) >= 11 is 0. The minimum Gasteiger partial charge on any atom is -0.496 e. The lowest BCUT2D eigenvalue weighted by atomic mass is 10.0. The molecule has 0 radical (unpaired) electrons. The van der Waals surface area contributed by atoms with Crippen LogP contribution >= 0.6 is 0 Å². The van der Waals surface area contributed by atoms with Gasteiger partial charge in [0.15, 0.2) is 5.78 Å². The zero-order valence-electron chi connectivity index (χ0n) is 18.8. The predicted octanol–water partition coefficient (Wildman–Crippen LogP) is 5.49. The third-order valence-corrected chi connectivity index (χ3v) is 5.31. The fraction of sp³-hybridized carbons (Fsp3) is 0.143. The van der Waals surface area contributed by atoms with Crippen molar-refractivity contribution in [1.29, 1.82) is 0 Å². The minimum atomic E-state index is -0.0912. The van der Waals surface area contributed by atoms with Crippen molar-refractivity contribution in [2.75, 3.05) is 7.11 Å². The van der Waals surface area contributed by atoms with Gasteiger partial charge in [0.1, 0.15) is 18.1 Å². The molecule has 0 fully saturated rings. The fourth-order valence-electron chi connectivity index (χ4n) is 3.59. The van der Waals surface area contributed by atoms with Gasteiger partial charge in [-0.2, -0.15) is 5.10 Å². The van der Waals surface area contributed by atoms with Crippen LogP contribution in [0.1, 0.15) is 32.6 Å². The largest absolute Gasteiger partial charge is 0.496 e. The second kappa shape index (κ2) is 10.5. The van der Waals surface area contributed by atoms with Crippen LogP contribution in [0.4, 0.5) is 0 Å². The molecule has 0 spiro atoms. The highest BCUT2D eigenvalue weighted by atomic mass is 16.5. The molecule has 0 amide bonds. The smallest absolute Gasteiger partial charge is 0.189 e. The lowest BCUT2D eigenvalue weighted by molar-refractivity contribution is 0.104. The van der Waals surface area contributed by atoms with Gasteiger partial charge in [0.25, 0.3) is 0 Å². The lowest BCUT2D eigenvalue weighted by Gasteiger charge is -2.14. The van der Waals surface area contributed by atoms with Crippen molar-refractivity contribution in [1.82, 2.24) is 9.78 Å². The molecule has 1 aromatic heterocycles. The summed E-state index contributed by atoms with van der Waals surface area (Å²) in [5, 5.41) is 4.04. The molecule has 5 nitrogen and oxygen atoms in total. The molecule has 1 heterocycles. The van der Waals surface area contributed by atoms with E-state index in [4.69, 9.17) is 9.47 Å². The van der Waals surface area contributed by atoms with Crippen molar-refractivity contribution in [3.05, 3.63) is 119 Å². The van der Waals surface area contributed by atoms with E-state index in [1.54, 1.807) is 43.4 Å². The highest BCUT2D eigenvalue weighted by molar-refractivity contribution is 6.06. The van der Waals surface area contributed by atoms with E-state index in [1.165, 1.54) is 5.56 Å². The van der Waals surface area contributed by atoms with Gasteiger partial charge in [0.2, 0.25) is 0 Å². The fourth-order valence-corrected chi connectivity index (χ4v) is 3.59. The second-order valence-corrected chi connectivity index (χ2v) is 7.73. The van der Waals surface area contributed by atoms with E-state index < -0.39 is 0 Å². The van der Waals surface area contributed by atoms with E-state index >= 15 is 0 Å². The molecule has 0 atom stereocenters. The maximum absolute atomic E-state index is 12.3. The topological polar surface area (TPSA) is 53.3 Å². The van der Waals surface area contributed by atoms with Crippen molar-refractivity contribution in [3.8, 4) is 11.5 Å². The summed E-state index contributed by atoms with van der Waals surface area (Å²) in [5.41, 5.74) is 4.71. The van der Waals surface area contributed by atoms with Gasteiger partial charge in [-0.15, -0.1) is 0 Å². The third kappa shape index (κ3) is 5.77. The van der Waals surface area contributed by atoms with Crippen LogP contribution in [-0.2, 0) is 20.1 Å². The summed E-state index contributed by atoms with van der Waals surface area (Å²) in [4.78, 5) is 12.3. The molecule has 166 valence electrons. The summed E-state index contributed by atoms with van der Waals surface area (Å²) in [6.07, 6.45) is 7.41. The van der Waals surface area contributed by atoms with E-state index in [1.807, 2.05) is 54.6 Å². The van der Waals surface area contributed by atoms with Gasteiger partial charge in [0, 0.05) is 25.2 Å². The summed E-state index contributed by atoms with van der Waals surface area (Å²) in [7, 11) is 3.43. The minimum absolute atomic E-state index is 0.0912. The molecule has 0 unspecified atom stereocenters. The molecule has 0 saturated heterocycles. The van der Waals surface area contributed by atoms with Crippen molar-refractivity contribution >= 4 is 11.9 Å². The first-order valence-electron chi connectivity index (χ1n) is 10.7. The van der Waals surface area contributed by atoms with Gasteiger partial charge in [-0.05, 0) is 41.0 Å². The number of nitrogens with zero attached hydrogens (tertiary/aromatic N) is 2. The van der Waals surface area contributed by atoms with Crippen LogP contribution in [0.25, 0.3) is 6.08 Å². The molecule has 0 bridgehead atoms. The van der Waals surface area contributed by atoms with Gasteiger partial charge in [-0.1, -0.05) is 60.7 Å². The third-order valence-electron chi connectivity index (χ3n) is 5.31. The first kappa shape index (κ1) is 22.1. The molecule has 0 aliphatic heterocycles. The second-order valence-electron chi connectivity index (χ2n) is 7.73. The Hall–Kier alpha value is -4.12. The van der Waals surface area contributed by atoms with Gasteiger partial charge < -0.3 is 9.47 Å². The standard InChI is InChI=1S/C28H26N2O3/c1-30-19-25(18-29-30)26(31)14-12-22-13-15-27(32-2)24(17-22)20-33-28-11-7-6-10-23(28)16-21-8-4-3-5-9-21/h3-15,17-19H,16,20H2,1-2H3/b14-12+. The van der Waals surface area contributed by atoms with E-state index in [2.05, 4.69) is 23.3 Å². The SMILES string of the molecule is COc1ccc(/C=C/C(=O)c2cnn(C)c2)cc1COc1ccccc1Cc1ccccc1. The first-order chi connectivity index (χ1) is 16.1. The Kier molecular flexibility index (Phi) is 7.00. The highest BCUT2D eigenvalue weighted by Gasteiger charge is 2.09. The Bertz CT molecular complexity index is 1260. The normalized spacial score (nSPS) is 11.0. The number of aromatic nitrogens is 2. The van der Waals surface area contributed by atoms with Gasteiger partial charge >= 0.3 is 0 Å². The van der Waals surface area contributed by atoms with Gasteiger partial charge in [-0.3, -0.25) is 9.48 Å². The number of carbonyl (C=O) groups is 1. The summed E-state index contributed by atoms with van der Waals surface area (Å²) in [6.45, 7) is 0.354. The average Bonchev–Trinajstić information content (AvgIpc) is 3.29. The summed E-state index contributed by atoms with van der Waals surface area (Å²) < 4.78 is 13.3. The first-order valence-corrected chi connectivity index (χ1v) is 10.7. The van der Waals surface area contributed by atoms with Crippen molar-refractivity contribution in [2.24, 2.45) is 7.05 Å². The predicted molar refractivity (Wildman–Crippen MR) is 130 cm³/mol. The van der Waals surface area contributed by atoms with Gasteiger partial charge in [-0.25, -0.2) is 0 Å². The monoisotopic (exact) mass is 438 g/mol. The quantitative estimate of drug-likeness (QED) is 0.256. The summed E-state index contributed by atoms with van der Waals surface area (Å²) in [6, 6.07) is 24.2. The van der Waals surface area contributed by atoms with Crippen LogP contribution in [-0.4, -0.2) is 22.7 Å². The van der Waals surface area contributed by atoms with Crippen molar-refractivity contribution < 1.29 is 14.3 Å². The molecule has 4 rings (SSSR count). The average molecular weight is 439 g/mol. The highest BCUT2D eigenvalue weighted by Crippen LogP contribution is 2.26. The molecule has 33 heavy (non-hydrogen) atoms. The van der Waals surface area contributed by atoms with E-state index in [-0.39, 0.29) is 5.78 Å². The molecular formula is C28H26N2O3. The van der Waals surface area contributed by atoms with Crippen LogP contribution < -0.4 is 9.47 Å². The van der Waals surface area contributed by atoms with E-state index in [9.17, 15) is 4.79 Å². The zero-order valence-corrected chi connectivity index (χ0v) is 18.8. The number of ether oxygens (including phenoxy) is 2. The number of allylic oxidation sites excluding steroid dienone is 1. The maximum atomic E-state index is 12.3. The Labute approximate surface area is 193 Å². The number of rotatable bonds is 9. The molecule has 0 saturated carbocycles. The number of hydrogen-bond donors (Lipinski definition) is 0. The van der Waals surface area contributed by atoms with E-state index in [0.29, 0.717) is 12.2 Å². The Morgan fingerprint density at radius 2 is 1.76 bits per heavy atom. The molecule has 0 aliphatic carbocycles. The van der Waals surface area contributed by atoms with Crippen LogP contribution in [0.2, 0.25) is 0 Å². The van der Waals surface area contributed by atoms with Crippen molar-refractivity contribution in [2.45, 2.75) is 13.0 Å². The van der Waals surface area contributed by atoms with Crippen LogP contribution in [0.3, 0.4) is 0 Å². The molecule has 5 heteroatoms. The number of methoxy groups -OCH3 is 1. The van der Waals surface area contributed by atoms with Crippen LogP contribution in [0.5, 0.6) is 11.5 Å². The zero-order chi connectivity index (χ0) is 23.0. The Morgan fingerprint density at radius 3 is 2.52 bits per heavy atom. The van der Waals surface area contributed by atoms with Crippen molar-refractivity contribution in [3.63, 3.8) is 0 Å². The molecule has 3 aromatic carbocycles. The molecular weight excluding hydrogens is 412 g/mol. The number of benzene rings is 3. The van der Waals surface area contributed by atoms with Crippen LogP contribution in [0.15, 0.2) is 91.3 Å². The summed E-state index contributed by atoms with van der Waals surface area (Å²) in [5.74, 6) is 1.49. The number of carbonyl (C=O) groups excluding carboxylic acids is 1. The van der Waals surface area contributed by atoms with Crippen LogP contribution in [0, 0.1) is 0 Å². The lowest BCUT2D eigenvalue weighted by Crippen LogP contribution is -2.02. The number of ketones is 1. The maximum Gasteiger partial charge on any atom is 0.189 e. The van der Waals surface area contributed by atoms with E-state index in [0.717, 1.165) is 34.6 Å².